The maximum atomic E-state index is 12.7. The third-order valence-electron chi connectivity index (χ3n) is 4.87. The summed E-state index contributed by atoms with van der Waals surface area (Å²) in [6, 6.07) is 11.7. The molecule has 4 rings (SSSR count). The van der Waals surface area contributed by atoms with Gasteiger partial charge in [-0.2, -0.15) is 0 Å². The summed E-state index contributed by atoms with van der Waals surface area (Å²) in [6.07, 6.45) is 0.184. The number of β-lactam (4-membered cyclic amide) rings is 1. The van der Waals surface area contributed by atoms with Crippen molar-refractivity contribution in [2.24, 2.45) is 0 Å². The molecule has 0 saturated carbocycles. The number of aliphatic carboxylic acids is 1. The third kappa shape index (κ3) is 4.56. The lowest BCUT2D eigenvalue weighted by molar-refractivity contribution is -0.150. The van der Waals surface area contributed by atoms with E-state index in [-0.39, 0.29) is 28.9 Å². The lowest BCUT2D eigenvalue weighted by Crippen LogP contribution is -2.70. The number of carboxylic acids is 1. The zero-order chi connectivity index (χ0) is 22.0. The first-order chi connectivity index (χ1) is 15.0. The monoisotopic (exact) mass is 474 g/mol. The highest BCUT2D eigenvalue weighted by molar-refractivity contribution is 8.14. The average molecular weight is 475 g/mol. The van der Waals surface area contributed by atoms with E-state index in [9.17, 15) is 24.3 Å². The minimum Gasteiger partial charge on any atom is -0.477 e. The largest absolute Gasteiger partial charge is 0.477 e. The first-order valence-electron chi connectivity index (χ1n) is 9.39. The summed E-state index contributed by atoms with van der Waals surface area (Å²) >= 11 is 3.88. The van der Waals surface area contributed by atoms with Gasteiger partial charge in [-0.1, -0.05) is 48.2 Å². The van der Waals surface area contributed by atoms with Crippen LogP contribution in [0.1, 0.15) is 15.2 Å². The molecule has 0 radical (unpaired) electrons. The van der Waals surface area contributed by atoms with Crippen molar-refractivity contribution in [2.75, 3.05) is 11.5 Å². The van der Waals surface area contributed by atoms with Gasteiger partial charge in [0.25, 0.3) is 5.91 Å². The molecule has 2 amide bonds. The van der Waals surface area contributed by atoms with E-state index < -0.39 is 23.3 Å². The van der Waals surface area contributed by atoms with Crippen LogP contribution in [0.4, 0.5) is 0 Å². The third-order valence-corrected chi connectivity index (χ3v) is 8.07. The highest BCUT2D eigenvalue weighted by atomic mass is 32.2. The molecule has 2 aliphatic rings. The Labute approximate surface area is 190 Å². The Morgan fingerprint density at radius 1 is 1.16 bits per heavy atom. The van der Waals surface area contributed by atoms with Crippen LogP contribution in [-0.4, -0.2) is 55.8 Å². The smallest absolute Gasteiger partial charge is 0.352 e. The zero-order valence-electron chi connectivity index (χ0n) is 16.1. The number of hydrogen-bond donors (Lipinski definition) is 2. The number of thiophene rings is 1. The van der Waals surface area contributed by atoms with Crippen LogP contribution < -0.4 is 5.32 Å². The molecular weight excluding hydrogens is 456 g/mol. The van der Waals surface area contributed by atoms with Crippen LogP contribution in [0.15, 0.2) is 59.1 Å². The number of benzene rings is 1. The molecule has 0 bridgehead atoms. The van der Waals surface area contributed by atoms with Crippen molar-refractivity contribution in [2.45, 2.75) is 17.8 Å². The molecule has 1 saturated heterocycles. The number of hydrogen-bond acceptors (Lipinski definition) is 7. The SMILES string of the molecule is O=C(Cc1cccs1)NC1C(=O)N2C(C(=O)O)=C(CSC(=O)c3ccccc3)CSC12. The second kappa shape index (κ2) is 9.29. The Balaban J connectivity index is 1.42. The Morgan fingerprint density at radius 3 is 2.61 bits per heavy atom. The number of amides is 2. The second-order valence-electron chi connectivity index (χ2n) is 6.91. The van der Waals surface area contributed by atoms with Gasteiger partial charge in [0.15, 0.2) is 0 Å². The van der Waals surface area contributed by atoms with Crippen LogP contribution in [0.3, 0.4) is 0 Å². The van der Waals surface area contributed by atoms with E-state index in [1.165, 1.54) is 28.0 Å². The van der Waals surface area contributed by atoms with Crippen molar-refractivity contribution in [3.05, 3.63) is 69.6 Å². The maximum absolute atomic E-state index is 12.7. The Hall–Kier alpha value is -2.56. The predicted octanol–water partition coefficient (Wildman–Crippen LogP) is 2.60. The molecule has 7 nitrogen and oxygen atoms in total. The molecule has 10 heteroatoms. The first kappa shape index (κ1) is 21.7. The number of nitrogens with one attached hydrogen (secondary N) is 1. The Bertz CT molecular complexity index is 1050. The predicted molar refractivity (Wildman–Crippen MR) is 121 cm³/mol. The normalized spacial score (nSPS) is 20.1. The molecule has 0 aliphatic carbocycles. The number of rotatable bonds is 7. The number of carbonyl (C=O) groups is 4. The standard InChI is InChI=1S/C21H18N2O5S3/c24-15(9-14-7-4-8-29-14)22-16-18(25)23-17(20(26)27)13(10-30-19(16)23)11-31-21(28)12-5-2-1-3-6-12/h1-8,16,19H,9-11H2,(H,22,24)(H,26,27). The molecule has 2 N–H and O–H groups in total. The lowest BCUT2D eigenvalue weighted by Gasteiger charge is -2.49. The Kier molecular flexibility index (Phi) is 6.49. The van der Waals surface area contributed by atoms with E-state index >= 15 is 0 Å². The van der Waals surface area contributed by atoms with Gasteiger partial charge in [-0.05, 0) is 17.0 Å². The molecule has 2 unspecified atom stereocenters. The summed E-state index contributed by atoms with van der Waals surface area (Å²) in [5.74, 6) is -1.34. The number of fused-ring (bicyclic) bond motifs is 1. The maximum Gasteiger partial charge on any atom is 0.352 e. The van der Waals surface area contributed by atoms with E-state index in [0.717, 1.165) is 16.6 Å². The molecule has 31 heavy (non-hydrogen) atoms. The Morgan fingerprint density at radius 2 is 1.94 bits per heavy atom. The van der Waals surface area contributed by atoms with Crippen LogP contribution in [0.25, 0.3) is 0 Å². The molecule has 2 aliphatic heterocycles. The lowest BCUT2D eigenvalue weighted by atomic mass is 10.0. The molecule has 0 spiro atoms. The number of nitrogens with zero attached hydrogens (tertiary/aromatic N) is 1. The summed E-state index contributed by atoms with van der Waals surface area (Å²) in [5, 5.41) is 13.7. The molecule has 2 atom stereocenters. The van der Waals surface area contributed by atoms with Crippen molar-refractivity contribution in [3.8, 4) is 0 Å². The highest BCUT2D eigenvalue weighted by Gasteiger charge is 2.54. The van der Waals surface area contributed by atoms with Crippen molar-refractivity contribution < 1.29 is 24.3 Å². The summed E-state index contributed by atoms with van der Waals surface area (Å²) in [6.45, 7) is 0. The first-order valence-corrected chi connectivity index (χ1v) is 12.3. The summed E-state index contributed by atoms with van der Waals surface area (Å²) in [7, 11) is 0. The fourth-order valence-corrected chi connectivity index (χ4v) is 6.43. The van der Waals surface area contributed by atoms with Gasteiger partial charge in [-0.15, -0.1) is 23.1 Å². The van der Waals surface area contributed by atoms with E-state index in [1.807, 2.05) is 23.6 Å². The van der Waals surface area contributed by atoms with Crippen LogP contribution in [0.2, 0.25) is 0 Å². The van der Waals surface area contributed by atoms with Gasteiger partial charge in [-0.25, -0.2) is 4.79 Å². The van der Waals surface area contributed by atoms with E-state index in [4.69, 9.17) is 0 Å². The quantitative estimate of drug-likeness (QED) is 0.595. The van der Waals surface area contributed by atoms with Gasteiger partial charge in [0, 0.05) is 21.9 Å². The van der Waals surface area contributed by atoms with Gasteiger partial charge in [0.05, 0.1) is 6.42 Å². The molecule has 3 heterocycles. The van der Waals surface area contributed by atoms with E-state index in [1.54, 1.807) is 24.3 Å². The van der Waals surface area contributed by atoms with Crippen LogP contribution in [-0.2, 0) is 20.8 Å². The summed E-state index contributed by atoms with van der Waals surface area (Å²) in [4.78, 5) is 51.3. The zero-order valence-corrected chi connectivity index (χ0v) is 18.6. The van der Waals surface area contributed by atoms with Gasteiger partial charge in [-0.3, -0.25) is 19.3 Å². The fourth-order valence-electron chi connectivity index (χ4n) is 3.40. The minimum atomic E-state index is -1.20. The van der Waals surface area contributed by atoms with Crippen molar-refractivity contribution in [3.63, 3.8) is 0 Å². The topological polar surface area (TPSA) is 104 Å². The number of carbonyl (C=O) groups excluding carboxylic acids is 3. The molecule has 1 fully saturated rings. The van der Waals surface area contributed by atoms with Gasteiger partial charge < -0.3 is 10.4 Å². The molecule has 1 aromatic carbocycles. The number of thioether (sulfide) groups is 2. The minimum absolute atomic E-state index is 0.0779. The molecule has 160 valence electrons. The van der Waals surface area contributed by atoms with Gasteiger partial charge in [0.2, 0.25) is 11.0 Å². The summed E-state index contributed by atoms with van der Waals surface area (Å²) in [5.41, 5.74) is 0.991. The fraction of sp³-hybridized carbons (Fsp3) is 0.238. The van der Waals surface area contributed by atoms with Crippen LogP contribution >= 0.6 is 34.9 Å². The summed E-state index contributed by atoms with van der Waals surface area (Å²) < 4.78 is 0. The molecular formula is C21H18N2O5S3. The highest BCUT2D eigenvalue weighted by Crippen LogP contribution is 2.41. The second-order valence-corrected chi connectivity index (χ2v) is 10.00. The molecule has 1 aromatic heterocycles. The van der Waals surface area contributed by atoms with E-state index in [0.29, 0.717) is 16.9 Å². The van der Waals surface area contributed by atoms with Crippen LogP contribution in [0.5, 0.6) is 0 Å². The van der Waals surface area contributed by atoms with Crippen molar-refractivity contribution in [1.82, 2.24) is 10.2 Å². The van der Waals surface area contributed by atoms with Crippen LogP contribution in [0, 0.1) is 0 Å². The van der Waals surface area contributed by atoms with E-state index in [2.05, 4.69) is 5.32 Å². The average Bonchev–Trinajstić information content (AvgIpc) is 3.28. The van der Waals surface area contributed by atoms with Crippen molar-refractivity contribution >= 4 is 57.8 Å². The number of carboxylic acid groups (broad SMARTS) is 1. The van der Waals surface area contributed by atoms with Gasteiger partial charge in [0.1, 0.15) is 17.1 Å². The van der Waals surface area contributed by atoms with Gasteiger partial charge >= 0.3 is 5.97 Å². The molecule has 2 aromatic rings. The van der Waals surface area contributed by atoms with Crippen molar-refractivity contribution in [1.29, 1.82) is 0 Å².